The minimum absolute atomic E-state index is 0.121. The van der Waals surface area contributed by atoms with Crippen molar-refractivity contribution in [3.05, 3.63) is 28.2 Å². The number of hydrogen-bond donors (Lipinski definition) is 0. The van der Waals surface area contributed by atoms with E-state index in [1.165, 1.54) is 12.1 Å². The molecule has 0 aromatic heterocycles. The van der Waals surface area contributed by atoms with Crippen molar-refractivity contribution in [2.45, 2.75) is 12.2 Å². The van der Waals surface area contributed by atoms with Crippen molar-refractivity contribution in [2.75, 3.05) is 0 Å². The topological polar surface area (TPSA) is 9.23 Å². The van der Waals surface area contributed by atoms with Crippen LogP contribution in [-0.2, 0) is 5.88 Å². The van der Waals surface area contributed by atoms with Crippen LogP contribution in [0.3, 0.4) is 0 Å². The average molecular weight is 289 g/mol. The molecule has 78 valence electrons. The Bertz CT molecular complexity index is 327. The van der Waals surface area contributed by atoms with Crippen LogP contribution in [0.4, 0.5) is 13.2 Å². The van der Waals surface area contributed by atoms with Crippen LogP contribution in [-0.4, -0.2) is 6.36 Å². The van der Waals surface area contributed by atoms with Crippen molar-refractivity contribution < 1.29 is 17.9 Å². The van der Waals surface area contributed by atoms with Crippen LogP contribution in [0, 0.1) is 0 Å². The van der Waals surface area contributed by atoms with E-state index in [-0.39, 0.29) is 16.1 Å². The molecule has 0 saturated carbocycles. The molecule has 0 aliphatic carbocycles. The fourth-order valence-corrected chi connectivity index (χ4v) is 1.73. The highest BCUT2D eigenvalue weighted by Gasteiger charge is 2.32. The summed E-state index contributed by atoms with van der Waals surface area (Å²) in [5.74, 6) is -0.161. The predicted octanol–water partition coefficient (Wildman–Crippen LogP) is 4.09. The lowest BCUT2D eigenvalue weighted by atomic mass is 10.2. The number of benzene rings is 1. The molecule has 0 radical (unpaired) electrons. The van der Waals surface area contributed by atoms with Gasteiger partial charge >= 0.3 is 6.36 Å². The molecule has 0 atom stereocenters. The van der Waals surface area contributed by atoms with E-state index >= 15 is 0 Å². The summed E-state index contributed by atoms with van der Waals surface area (Å²) in [5.41, 5.74) is 0.549. The zero-order valence-corrected chi connectivity index (χ0v) is 9.08. The summed E-state index contributed by atoms with van der Waals surface area (Å²) in [4.78, 5) is 0. The van der Waals surface area contributed by atoms with E-state index in [1.54, 1.807) is 6.07 Å². The Kier molecular flexibility index (Phi) is 3.66. The SMILES string of the molecule is FC(F)(F)Oc1cccc(CCl)c1Br. The Morgan fingerprint density at radius 1 is 1.36 bits per heavy atom. The average Bonchev–Trinajstić information content (AvgIpc) is 2.06. The third-order valence-electron chi connectivity index (χ3n) is 1.41. The molecule has 0 saturated heterocycles. The molecule has 0 bridgehead atoms. The molecule has 1 rings (SSSR count). The summed E-state index contributed by atoms with van der Waals surface area (Å²) in [7, 11) is 0. The zero-order valence-electron chi connectivity index (χ0n) is 6.74. The van der Waals surface area contributed by atoms with Gasteiger partial charge in [-0.15, -0.1) is 24.8 Å². The van der Waals surface area contributed by atoms with Gasteiger partial charge in [-0.3, -0.25) is 0 Å². The first kappa shape index (κ1) is 11.7. The first-order chi connectivity index (χ1) is 6.44. The molecule has 1 aromatic rings. The van der Waals surface area contributed by atoms with E-state index in [0.717, 1.165) is 0 Å². The number of ether oxygens (including phenoxy) is 1. The van der Waals surface area contributed by atoms with E-state index in [2.05, 4.69) is 20.7 Å². The van der Waals surface area contributed by atoms with Gasteiger partial charge in [-0.05, 0) is 27.6 Å². The lowest BCUT2D eigenvalue weighted by Gasteiger charge is -2.11. The highest BCUT2D eigenvalue weighted by atomic mass is 79.9. The molecule has 0 N–H and O–H groups in total. The highest BCUT2D eigenvalue weighted by Crippen LogP contribution is 2.33. The lowest BCUT2D eigenvalue weighted by Crippen LogP contribution is -2.17. The van der Waals surface area contributed by atoms with E-state index in [4.69, 9.17) is 11.6 Å². The van der Waals surface area contributed by atoms with Gasteiger partial charge in [0.25, 0.3) is 0 Å². The Balaban J connectivity index is 2.98. The molecule has 0 fully saturated rings. The van der Waals surface area contributed by atoms with Crippen LogP contribution >= 0.6 is 27.5 Å². The van der Waals surface area contributed by atoms with Crippen molar-refractivity contribution in [3.63, 3.8) is 0 Å². The molecule has 0 spiro atoms. The molecule has 0 heterocycles. The van der Waals surface area contributed by atoms with E-state index in [9.17, 15) is 13.2 Å². The van der Waals surface area contributed by atoms with Crippen molar-refractivity contribution in [2.24, 2.45) is 0 Å². The van der Waals surface area contributed by atoms with Crippen molar-refractivity contribution >= 4 is 27.5 Å². The van der Waals surface area contributed by atoms with Gasteiger partial charge in [0, 0.05) is 5.88 Å². The van der Waals surface area contributed by atoms with Crippen molar-refractivity contribution in [3.8, 4) is 5.75 Å². The third kappa shape index (κ3) is 3.06. The second kappa shape index (κ2) is 4.40. The van der Waals surface area contributed by atoms with Gasteiger partial charge in [0.2, 0.25) is 0 Å². The van der Waals surface area contributed by atoms with Crippen LogP contribution in [0.15, 0.2) is 22.7 Å². The van der Waals surface area contributed by atoms with Gasteiger partial charge in [0.1, 0.15) is 5.75 Å². The van der Waals surface area contributed by atoms with Crippen LogP contribution in [0.5, 0.6) is 5.75 Å². The molecule has 0 aliphatic heterocycles. The van der Waals surface area contributed by atoms with Crippen LogP contribution in [0.2, 0.25) is 0 Å². The Morgan fingerprint density at radius 3 is 2.50 bits per heavy atom. The minimum Gasteiger partial charge on any atom is -0.405 e. The van der Waals surface area contributed by atoms with Gasteiger partial charge in [0.05, 0.1) is 4.47 Å². The summed E-state index contributed by atoms with van der Waals surface area (Å²) in [5, 5.41) is 0. The summed E-state index contributed by atoms with van der Waals surface area (Å²) in [6, 6.07) is 4.28. The quantitative estimate of drug-likeness (QED) is 0.745. The van der Waals surface area contributed by atoms with Gasteiger partial charge in [-0.25, -0.2) is 0 Å². The lowest BCUT2D eigenvalue weighted by molar-refractivity contribution is -0.274. The fourth-order valence-electron chi connectivity index (χ4n) is 0.863. The first-order valence-corrected chi connectivity index (χ1v) is 4.86. The molecule has 0 aliphatic rings. The summed E-state index contributed by atoms with van der Waals surface area (Å²) < 4.78 is 39.6. The maximum absolute atomic E-state index is 11.9. The van der Waals surface area contributed by atoms with Crippen LogP contribution < -0.4 is 4.74 Å². The number of alkyl halides is 4. The second-order valence-corrected chi connectivity index (χ2v) is 3.47. The number of halogens is 5. The zero-order chi connectivity index (χ0) is 10.8. The number of hydrogen-bond acceptors (Lipinski definition) is 1. The molecule has 6 heteroatoms. The third-order valence-corrected chi connectivity index (χ3v) is 2.60. The molecular weight excluding hydrogens is 284 g/mol. The van der Waals surface area contributed by atoms with Crippen LogP contribution in [0.25, 0.3) is 0 Å². The van der Waals surface area contributed by atoms with Crippen LogP contribution in [0.1, 0.15) is 5.56 Å². The largest absolute Gasteiger partial charge is 0.573 e. The maximum Gasteiger partial charge on any atom is 0.573 e. The summed E-state index contributed by atoms with van der Waals surface area (Å²) in [6.07, 6.45) is -4.69. The first-order valence-electron chi connectivity index (χ1n) is 3.53. The molecule has 1 aromatic carbocycles. The second-order valence-electron chi connectivity index (χ2n) is 2.41. The highest BCUT2D eigenvalue weighted by molar-refractivity contribution is 9.10. The minimum atomic E-state index is -4.69. The summed E-state index contributed by atoms with van der Waals surface area (Å²) >= 11 is 8.49. The van der Waals surface area contributed by atoms with Crippen molar-refractivity contribution in [1.82, 2.24) is 0 Å². The van der Waals surface area contributed by atoms with E-state index in [0.29, 0.717) is 5.56 Å². The normalized spacial score (nSPS) is 11.5. The van der Waals surface area contributed by atoms with E-state index in [1.807, 2.05) is 0 Å². The molecule has 14 heavy (non-hydrogen) atoms. The van der Waals surface area contributed by atoms with Gasteiger partial charge in [-0.1, -0.05) is 12.1 Å². The fraction of sp³-hybridized carbons (Fsp3) is 0.250. The number of rotatable bonds is 2. The van der Waals surface area contributed by atoms with E-state index < -0.39 is 6.36 Å². The monoisotopic (exact) mass is 288 g/mol. The maximum atomic E-state index is 11.9. The Morgan fingerprint density at radius 2 is 2.00 bits per heavy atom. The van der Waals surface area contributed by atoms with Gasteiger partial charge in [-0.2, -0.15) is 0 Å². The van der Waals surface area contributed by atoms with Gasteiger partial charge in [0.15, 0.2) is 0 Å². The molecule has 0 amide bonds. The van der Waals surface area contributed by atoms with Crippen molar-refractivity contribution in [1.29, 1.82) is 0 Å². The smallest absolute Gasteiger partial charge is 0.405 e. The molecule has 0 unspecified atom stereocenters. The molecule has 1 nitrogen and oxygen atoms in total. The standard InChI is InChI=1S/C8H5BrClF3O/c9-7-5(4-10)2-1-3-6(7)14-8(11,12)13/h1-3H,4H2. The van der Waals surface area contributed by atoms with Gasteiger partial charge < -0.3 is 4.74 Å². The predicted molar refractivity (Wildman–Crippen MR) is 50.4 cm³/mol. The summed E-state index contributed by atoms with van der Waals surface area (Å²) in [6.45, 7) is 0. The molecular formula is C8H5BrClF3O. The Labute approximate surface area is 91.9 Å². The Hall–Kier alpha value is -0.420.